The molecule has 29 heavy (non-hydrogen) atoms. The van der Waals surface area contributed by atoms with Gasteiger partial charge in [0.05, 0.1) is 19.8 Å². The van der Waals surface area contributed by atoms with E-state index in [1.165, 1.54) is 20.3 Å². The number of halogens is 4. The number of phenolic OH excluding ortho intramolecular Hbond substituents is 1. The molecule has 0 aromatic heterocycles. The van der Waals surface area contributed by atoms with Gasteiger partial charge >= 0.3 is 6.18 Å². The van der Waals surface area contributed by atoms with Gasteiger partial charge < -0.3 is 25.2 Å². The lowest BCUT2D eigenvalue weighted by Gasteiger charge is -2.15. The quantitative estimate of drug-likeness (QED) is 0.303. The third-order valence-electron chi connectivity index (χ3n) is 3.94. The molecule has 0 fully saturated rings. The fourth-order valence-corrected chi connectivity index (χ4v) is 2.50. The number of guanidine groups is 1. The Balaban J connectivity index is 0.00000420. The fraction of sp³-hybridized carbons (Fsp3) is 0.316. The molecule has 3 N–H and O–H groups in total. The van der Waals surface area contributed by atoms with Crippen LogP contribution >= 0.6 is 24.0 Å². The average Bonchev–Trinajstić information content (AvgIpc) is 2.68. The van der Waals surface area contributed by atoms with Crippen LogP contribution in [0.25, 0.3) is 0 Å². The summed E-state index contributed by atoms with van der Waals surface area (Å²) >= 11 is 0. The normalized spacial score (nSPS) is 11.4. The Bertz CT molecular complexity index is 820. The molecule has 6 nitrogen and oxygen atoms in total. The average molecular weight is 525 g/mol. The van der Waals surface area contributed by atoms with E-state index in [1.807, 2.05) is 0 Å². The van der Waals surface area contributed by atoms with Crippen molar-refractivity contribution in [3.63, 3.8) is 0 Å². The second-order valence-electron chi connectivity index (χ2n) is 5.83. The summed E-state index contributed by atoms with van der Waals surface area (Å²) < 4.78 is 48.6. The summed E-state index contributed by atoms with van der Waals surface area (Å²) in [4.78, 5) is 4.05. The Hall–Kier alpha value is -2.37. The summed E-state index contributed by atoms with van der Waals surface area (Å²) in [6.07, 6.45) is -4.38. The molecule has 0 saturated heterocycles. The lowest BCUT2D eigenvalue weighted by molar-refractivity contribution is -0.137. The predicted octanol–water partition coefficient (Wildman–Crippen LogP) is 3.91. The molecule has 2 rings (SSSR count). The molecular formula is C19H23F3IN3O3. The van der Waals surface area contributed by atoms with Crippen LogP contribution in [0.1, 0.15) is 16.7 Å². The van der Waals surface area contributed by atoms with Crippen LogP contribution in [0.4, 0.5) is 13.2 Å². The Morgan fingerprint density at radius 1 is 1.00 bits per heavy atom. The number of aliphatic imine (C=N–C) groups is 1. The lowest BCUT2D eigenvalue weighted by atomic mass is 10.1. The Morgan fingerprint density at radius 3 is 2.03 bits per heavy atom. The van der Waals surface area contributed by atoms with Crippen molar-refractivity contribution < 1.29 is 27.8 Å². The van der Waals surface area contributed by atoms with E-state index in [0.29, 0.717) is 18.1 Å². The van der Waals surface area contributed by atoms with E-state index in [9.17, 15) is 18.3 Å². The molecule has 0 aliphatic heterocycles. The number of rotatable bonds is 6. The van der Waals surface area contributed by atoms with Crippen LogP contribution in [0.2, 0.25) is 0 Å². The summed E-state index contributed by atoms with van der Waals surface area (Å²) in [6, 6.07) is 8.38. The van der Waals surface area contributed by atoms with Crippen molar-refractivity contribution in [1.82, 2.24) is 10.6 Å². The number of nitrogens with one attached hydrogen (secondary N) is 2. The molecule has 160 valence electrons. The van der Waals surface area contributed by atoms with E-state index in [4.69, 9.17) is 9.47 Å². The van der Waals surface area contributed by atoms with Gasteiger partial charge in [-0.3, -0.25) is 4.99 Å². The van der Waals surface area contributed by atoms with Crippen LogP contribution in [-0.2, 0) is 19.3 Å². The molecule has 0 aliphatic rings. The maximum absolute atomic E-state index is 12.8. The fourth-order valence-electron chi connectivity index (χ4n) is 2.50. The minimum absolute atomic E-state index is 0. The van der Waals surface area contributed by atoms with Crippen LogP contribution in [0.5, 0.6) is 17.2 Å². The number of methoxy groups -OCH3 is 2. The first kappa shape index (κ1) is 24.7. The number of hydrogen-bond acceptors (Lipinski definition) is 4. The maximum Gasteiger partial charge on any atom is 0.416 e. The molecule has 0 radical (unpaired) electrons. The minimum Gasteiger partial charge on any atom is -0.502 e. The molecule has 0 aliphatic carbocycles. The van der Waals surface area contributed by atoms with Crippen molar-refractivity contribution >= 4 is 29.9 Å². The third kappa shape index (κ3) is 6.87. The molecular weight excluding hydrogens is 502 g/mol. The van der Waals surface area contributed by atoms with Crippen molar-refractivity contribution in [2.24, 2.45) is 4.99 Å². The predicted molar refractivity (Wildman–Crippen MR) is 115 cm³/mol. The van der Waals surface area contributed by atoms with Gasteiger partial charge in [0.2, 0.25) is 5.75 Å². The topological polar surface area (TPSA) is 75.1 Å². The monoisotopic (exact) mass is 525 g/mol. The smallest absolute Gasteiger partial charge is 0.416 e. The molecule has 2 aromatic carbocycles. The lowest BCUT2D eigenvalue weighted by Crippen LogP contribution is -2.36. The van der Waals surface area contributed by atoms with Crippen molar-refractivity contribution in [3.8, 4) is 17.2 Å². The largest absolute Gasteiger partial charge is 0.502 e. The van der Waals surface area contributed by atoms with Crippen LogP contribution in [0.15, 0.2) is 41.4 Å². The number of ether oxygens (including phenoxy) is 2. The SMILES string of the molecule is CN=C(NCc1cccc(C(F)(F)F)c1)NCc1cc(OC)c(O)c(OC)c1.I. The van der Waals surface area contributed by atoms with Gasteiger partial charge in [-0.1, -0.05) is 12.1 Å². The number of hydrogen-bond donors (Lipinski definition) is 3. The zero-order valence-corrected chi connectivity index (χ0v) is 18.5. The van der Waals surface area contributed by atoms with E-state index < -0.39 is 11.7 Å². The standard InChI is InChI=1S/C19H22F3N3O3.HI/c1-23-18(24-10-12-5-4-6-14(7-12)19(20,21)22)25-11-13-8-15(27-2)17(26)16(9-13)28-3;/h4-9,26H,10-11H2,1-3H3,(H2,23,24,25);1H. The third-order valence-corrected chi connectivity index (χ3v) is 3.94. The summed E-state index contributed by atoms with van der Waals surface area (Å²) in [5.41, 5.74) is 0.539. The van der Waals surface area contributed by atoms with Crippen LogP contribution < -0.4 is 20.1 Å². The Morgan fingerprint density at radius 2 is 1.55 bits per heavy atom. The first-order valence-corrected chi connectivity index (χ1v) is 8.33. The van der Waals surface area contributed by atoms with Crippen molar-refractivity contribution in [2.45, 2.75) is 19.3 Å². The zero-order chi connectivity index (χ0) is 20.7. The van der Waals surface area contributed by atoms with Gasteiger partial charge in [-0.25, -0.2) is 0 Å². The second kappa shape index (κ2) is 11.0. The van der Waals surface area contributed by atoms with E-state index in [1.54, 1.807) is 25.2 Å². The molecule has 10 heteroatoms. The first-order chi connectivity index (χ1) is 13.3. The Kier molecular flexibility index (Phi) is 9.34. The highest BCUT2D eigenvalue weighted by atomic mass is 127. The van der Waals surface area contributed by atoms with E-state index in [0.717, 1.165) is 17.7 Å². The highest BCUT2D eigenvalue weighted by molar-refractivity contribution is 14.0. The Labute approximate surface area is 184 Å². The summed E-state index contributed by atoms with van der Waals surface area (Å²) in [5, 5.41) is 15.9. The first-order valence-electron chi connectivity index (χ1n) is 8.33. The number of phenols is 1. The zero-order valence-electron chi connectivity index (χ0n) is 16.1. The van der Waals surface area contributed by atoms with Gasteiger partial charge in [0.15, 0.2) is 17.5 Å². The van der Waals surface area contributed by atoms with Gasteiger partial charge in [-0.15, -0.1) is 24.0 Å². The minimum atomic E-state index is -4.38. The van der Waals surface area contributed by atoms with Crippen molar-refractivity contribution in [1.29, 1.82) is 0 Å². The van der Waals surface area contributed by atoms with Crippen LogP contribution in [0, 0.1) is 0 Å². The van der Waals surface area contributed by atoms with E-state index in [2.05, 4.69) is 15.6 Å². The highest BCUT2D eigenvalue weighted by Crippen LogP contribution is 2.37. The van der Waals surface area contributed by atoms with Gasteiger partial charge in [0.25, 0.3) is 0 Å². The molecule has 0 unspecified atom stereocenters. The molecule has 0 spiro atoms. The number of benzene rings is 2. The van der Waals surface area contributed by atoms with Gasteiger partial charge in [0, 0.05) is 20.1 Å². The van der Waals surface area contributed by atoms with Crippen LogP contribution in [0.3, 0.4) is 0 Å². The molecule has 0 heterocycles. The van der Waals surface area contributed by atoms with Gasteiger partial charge in [-0.2, -0.15) is 13.2 Å². The molecule has 2 aromatic rings. The maximum atomic E-state index is 12.8. The van der Waals surface area contributed by atoms with E-state index in [-0.39, 0.29) is 47.8 Å². The highest BCUT2D eigenvalue weighted by Gasteiger charge is 2.30. The van der Waals surface area contributed by atoms with Gasteiger partial charge in [-0.05, 0) is 35.4 Å². The number of aromatic hydroxyl groups is 1. The summed E-state index contributed by atoms with van der Waals surface area (Å²) in [6.45, 7) is 0.501. The van der Waals surface area contributed by atoms with Crippen molar-refractivity contribution in [3.05, 3.63) is 53.1 Å². The summed E-state index contributed by atoms with van der Waals surface area (Å²) in [5.74, 6) is 0.843. The molecule has 0 bridgehead atoms. The molecule has 0 amide bonds. The molecule has 0 saturated carbocycles. The number of nitrogens with zero attached hydrogens (tertiary/aromatic N) is 1. The second-order valence-corrected chi connectivity index (χ2v) is 5.83. The van der Waals surface area contributed by atoms with Crippen LogP contribution in [-0.4, -0.2) is 32.3 Å². The molecule has 0 atom stereocenters. The summed E-state index contributed by atoms with van der Waals surface area (Å²) in [7, 11) is 4.42. The van der Waals surface area contributed by atoms with Gasteiger partial charge in [0.1, 0.15) is 0 Å². The van der Waals surface area contributed by atoms with E-state index >= 15 is 0 Å². The number of alkyl halides is 3. The van der Waals surface area contributed by atoms with Crippen molar-refractivity contribution in [2.75, 3.05) is 21.3 Å².